The van der Waals surface area contributed by atoms with Crippen LogP contribution >= 0.6 is 0 Å². The molecule has 0 aliphatic heterocycles. The van der Waals surface area contributed by atoms with Gasteiger partial charge in [-0.2, -0.15) is 0 Å². The van der Waals surface area contributed by atoms with Crippen molar-refractivity contribution in [2.24, 2.45) is 11.5 Å². The molecule has 0 aliphatic rings. The summed E-state index contributed by atoms with van der Waals surface area (Å²) in [7, 11) is 0. The van der Waals surface area contributed by atoms with E-state index in [0.717, 1.165) is 6.42 Å². The van der Waals surface area contributed by atoms with E-state index in [1.54, 1.807) is 0 Å². The smallest absolute Gasteiger partial charge is 0.149 e. The summed E-state index contributed by atoms with van der Waals surface area (Å²) in [6, 6.07) is -0.332. The van der Waals surface area contributed by atoms with Crippen LogP contribution in [0.3, 0.4) is 0 Å². The third-order valence-electron chi connectivity index (χ3n) is 4.92. The summed E-state index contributed by atoms with van der Waals surface area (Å²) in [5.74, 6) is 0.190. The Morgan fingerprint density at radius 1 is 0.708 bits per heavy atom. The SMILES string of the molecule is CCCCCCCCCCCCCCCCCC(=O)C(N)CCN. The van der Waals surface area contributed by atoms with Crippen LogP contribution in [0.5, 0.6) is 0 Å². The molecule has 1 atom stereocenters. The molecule has 0 saturated heterocycles. The summed E-state index contributed by atoms with van der Waals surface area (Å²) in [5.41, 5.74) is 11.2. The van der Waals surface area contributed by atoms with Crippen LogP contribution in [-0.2, 0) is 4.79 Å². The van der Waals surface area contributed by atoms with Gasteiger partial charge < -0.3 is 11.5 Å². The Balaban J connectivity index is 3.14. The van der Waals surface area contributed by atoms with Gasteiger partial charge in [0.25, 0.3) is 0 Å². The Labute approximate surface area is 151 Å². The zero-order valence-corrected chi connectivity index (χ0v) is 16.4. The fourth-order valence-corrected chi connectivity index (χ4v) is 3.20. The number of Topliss-reactive ketones (excluding diaryl/α,β-unsaturated/α-hetero) is 1. The Morgan fingerprint density at radius 2 is 1.08 bits per heavy atom. The fourth-order valence-electron chi connectivity index (χ4n) is 3.20. The first-order valence-electron chi connectivity index (χ1n) is 10.7. The molecule has 0 bridgehead atoms. The van der Waals surface area contributed by atoms with E-state index in [9.17, 15) is 4.79 Å². The van der Waals surface area contributed by atoms with Gasteiger partial charge in [-0.15, -0.1) is 0 Å². The summed E-state index contributed by atoms with van der Waals surface area (Å²) in [4.78, 5) is 11.7. The first kappa shape index (κ1) is 23.6. The molecule has 0 radical (unpaired) electrons. The molecule has 0 rings (SSSR count). The van der Waals surface area contributed by atoms with Crippen LogP contribution in [0.1, 0.15) is 116 Å². The van der Waals surface area contributed by atoms with Gasteiger partial charge in [-0.3, -0.25) is 4.79 Å². The molecule has 3 nitrogen and oxygen atoms in total. The maximum absolute atomic E-state index is 11.7. The van der Waals surface area contributed by atoms with E-state index >= 15 is 0 Å². The third-order valence-corrected chi connectivity index (χ3v) is 4.92. The Hall–Kier alpha value is -0.410. The normalized spacial score (nSPS) is 12.5. The second-order valence-corrected chi connectivity index (χ2v) is 7.35. The minimum atomic E-state index is -0.332. The van der Waals surface area contributed by atoms with Crippen molar-refractivity contribution in [1.29, 1.82) is 0 Å². The van der Waals surface area contributed by atoms with Crippen LogP contribution in [0.4, 0.5) is 0 Å². The molecular formula is C21H44N2O. The van der Waals surface area contributed by atoms with Crippen molar-refractivity contribution in [3.63, 3.8) is 0 Å². The molecule has 3 heteroatoms. The Bertz CT molecular complexity index is 269. The zero-order chi connectivity index (χ0) is 17.9. The summed E-state index contributed by atoms with van der Waals surface area (Å²) < 4.78 is 0. The lowest BCUT2D eigenvalue weighted by Gasteiger charge is -2.08. The largest absolute Gasteiger partial charge is 0.330 e. The van der Waals surface area contributed by atoms with Gasteiger partial charge in [-0.1, -0.05) is 96.8 Å². The number of rotatable bonds is 19. The average molecular weight is 341 g/mol. The van der Waals surface area contributed by atoms with Crippen molar-refractivity contribution in [2.75, 3.05) is 6.54 Å². The topological polar surface area (TPSA) is 69.1 Å². The van der Waals surface area contributed by atoms with Crippen LogP contribution in [0.2, 0.25) is 0 Å². The first-order valence-corrected chi connectivity index (χ1v) is 10.7. The average Bonchev–Trinajstić information content (AvgIpc) is 2.58. The van der Waals surface area contributed by atoms with Gasteiger partial charge in [-0.05, 0) is 19.4 Å². The van der Waals surface area contributed by atoms with E-state index in [4.69, 9.17) is 11.5 Å². The Kier molecular flexibility index (Phi) is 18.6. The molecule has 0 aliphatic carbocycles. The van der Waals surface area contributed by atoms with Crippen molar-refractivity contribution >= 4 is 5.78 Å². The van der Waals surface area contributed by atoms with Crippen LogP contribution in [-0.4, -0.2) is 18.4 Å². The maximum Gasteiger partial charge on any atom is 0.149 e. The van der Waals surface area contributed by atoms with Crippen molar-refractivity contribution in [3.8, 4) is 0 Å². The molecule has 0 amide bonds. The molecule has 0 aromatic heterocycles. The maximum atomic E-state index is 11.7. The summed E-state index contributed by atoms with van der Waals surface area (Å²) in [6.07, 6.45) is 21.5. The van der Waals surface area contributed by atoms with E-state index in [0.29, 0.717) is 19.4 Å². The number of carbonyl (C=O) groups is 1. The molecule has 0 aromatic rings. The van der Waals surface area contributed by atoms with Gasteiger partial charge in [0.15, 0.2) is 0 Å². The van der Waals surface area contributed by atoms with Gasteiger partial charge in [0.05, 0.1) is 6.04 Å². The van der Waals surface area contributed by atoms with Crippen molar-refractivity contribution in [1.82, 2.24) is 0 Å². The van der Waals surface area contributed by atoms with Gasteiger partial charge in [0, 0.05) is 6.42 Å². The van der Waals surface area contributed by atoms with Crippen molar-refractivity contribution < 1.29 is 4.79 Å². The number of hydrogen-bond acceptors (Lipinski definition) is 3. The number of hydrogen-bond donors (Lipinski definition) is 2. The van der Waals surface area contributed by atoms with Crippen LogP contribution in [0, 0.1) is 0 Å². The minimum absolute atomic E-state index is 0.190. The van der Waals surface area contributed by atoms with Crippen LogP contribution in [0.15, 0.2) is 0 Å². The lowest BCUT2D eigenvalue weighted by molar-refractivity contribution is -0.120. The minimum Gasteiger partial charge on any atom is -0.330 e. The van der Waals surface area contributed by atoms with Gasteiger partial charge in [-0.25, -0.2) is 0 Å². The lowest BCUT2D eigenvalue weighted by atomic mass is 10.0. The molecule has 144 valence electrons. The Morgan fingerprint density at radius 3 is 1.46 bits per heavy atom. The lowest BCUT2D eigenvalue weighted by Crippen LogP contribution is -2.32. The fraction of sp³-hybridized carbons (Fsp3) is 0.952. The molecule has 0 saturated carbocycles. The van der Waals surface area contributed by atoms with E-state index in [1.807, 2.05) is 0 Å². The van der Waals surface area contributed by atoms with Crippen molar-refractivity contribution in [3.05, 3.63) is 0 Å². The third kappa shape index (κ3) is 16.4. The number of ketones is 1. The number of unbranched alkanes of at least 4 members (excludes halogenated alkanes) is 14. The molecule has 0 fully saturated rings. The standard InChI is InChI=1S/C21H44N2O/c1-2-3-4-5-6-7-8-9-10-11-12-13-14-15-16-17-21(24)20(23)18-19-22/h20H,2-19,22-23H2,1H3. The summed E-state index contributed by atoms with van der Waals surface area (Å²) >= 11 is 0. The molecule has 0 heterocycles. The van der Waals surface area contributed by atoms with E-state index in [-0.39, 0.29) is 11.8 Å². The second-order valence-electron chi connectivity index (χ2n) is 7.35. The van der Waals surface area contributed by atoms with Crippen LogP contribution < -0.4 is 11.5 Å². The summed E-state index contributed by atoms with van der Waals surface area (Å²) in [5, 5.41) is 0. The highest BCUT2D eigenvalue weighted by atomic mass is 16.1. The second kappa shape index (κ2) is 18.9. The highest BCUT2D eigenvalue weighted by Gasteiger charge is 2.11. The van der Waals surface area contributed by atoms with Gasteiger partial charge in [0.1, 0.15) is 5.78 Å². The highest BCUT2D eigenvalue weighted by Crippen LogP contribution is 2.13. The molecule has 24 heavy (non-hydrogen) atoms. The number of carbonyl (C=O) groups excluding carboxylic acids is 1. The predicted molar refractivity (Wildman–Crippen MR) is 106 cm³/mol. The quantitative estimate of drug-likeness (QED) is 0.305. The number of nitrogens with two attached hydrogens (primary N) is 2. The van der Waals surface area contributed by atoms with E-state index in [1.165, 1.54) is 89.9 Å². The van der Waals surface area contributed by atoms with Gasteiger partial charge >= 0.3 is 0 Å². The van der Waals surface area contributed by atoms with E-state index < -0.39 is 0 Å². The molecule has 0 aromatic carbocycles. The van der Waals surface area contributed by atoms with Crippen LogP contribution in [0.25, 0.3) is 0 Å². The predicted octanol–water partition coefficient (Wildman–Crippen LogP) is 5.49. The molecule has 1 unspecified atom stereocenters. The molecule has 4 N–H and O–H groups in total. The van der Waals surface area contributed by atoms with Crippen molar-refractivity contribution in [2.45, 2.75) is 122 Å². The monoisotopic (exact) mass is 340 g/mol. The van der Waals surface area contributed by atoms with E-state index in [2.05, 4.69) is 6.92 Å². The van der Waals surface area contributed by atoms with Gasteiger partial charge in [0.2, 0.25) is 0 Å². The highest BCUT2D eigenvalue weighted by molar-refractivity contribution is 5.83. The molecular weight excluding hydrogens is 296 g/mol. The zero-order valence-electron chi connectivity index (χ0n) is 16.4. The molecule has 0 spiro atoms. The summed E-state index contributed by atoms with van der Waals surface area (Å²) in [6.45, 7) is 2.78. The first-order chi connectivity index (χ1) is 11.7.